The van der Waals surface area contributed by atoms with Gasteiger partial charge in [-0.1, -0.05) is 22.0 Å². The molecule has 0 radical (unpaired) electrons. The molecule has 0 atom stereocenters. The molecule has 70 valence electrons. The molecule has 0 aliphatic carbocycles. The SMILES string of the molecule is COc1ccc(C=CCCBr)nc1. The van der Waals surface area contributed by atoms with Crippen LogP contribution in [-0.2, 0) is 0 Å². The lowest BCUT2D eigenvalue weighted by molar-refractivity contribution is 0.413. The summed E-state index contributed by atoms with van der Waals surface area (Å²) in [6.07, 6.45) is 6.83. The Morgan fingerprint density at radius 3 is 2.92 bits per heavy atom. The topological polar surface area (TPSA) is 22.1 Å². The van der Waals surface area contributed by atoms with Gasteiger partial charge in [-0.2, -0.15) is 0 Å². The largest absolute Gasteiger partial charge is 0.495 e. The predicted octanol–water partition coefficient (Wildman–Crippen LogP) is 2.89. The normalized spacial score (nSPS) is 10.6. The van der Waals surface area contributed by atoms with Crippen molar-refractivity contribution in [3.05, 3.63) is 30.1 Å². The van der Waals surface area contributed by atoms with Gasteiger partial charge in [-0.05, 0) is 24.6 Å². The van der Waals surface area contributed by atoms with E-state index in [9.17, 15) is 0 Å². The van der Waals surface area contributed by atoms with Crippen molar-refractivity contribution in [2.45, 2.75) is 6.42 Å². The molecule has 1 aromatic heterocycles. The van der Waals surface area contributed by atoms with E-state index in [2.05, 4.69) is 27.0 Å². The Labute approximate surface area is 86.8 Å². The molecular formula is C10H12BrNO. The molecule has 0 aliphatic heterocycles. The number of aromatic nitrogens is 1. The Morgan fingerprint density at radius 2 is 2.38 bits per heavy atom. The zero-order chi connectivity index (χ0) is 9.52. The summed E-state index contributed by atoms with van der Waals surface area (Å²) in [4.78, 5) is 4.19. The molecule has 0 aliphatic rings. The maximum absolute atomic E-state index is 5.00. The first kappa shape index (κ1) is 10.3. The van der Waals surface area contributed by atoms with Crippen LogP contribution in [0.5, 0.6) is 5.75 Å². The first-order chi connectivity index (χ1) is 6.36. The predicted molar refractivity (Wildman–Crippen MR) is 58.2 cm³/mol. The van der Waals surface area contributed by atoms with Crippen molar-refractivity contribution in [2.75, 3.05) is 12.4 Å². The average Bonchev–Trinajstić information content (AvgIpc) is 2.19. The Balaban J connectivity index is 2.58. The van der Waals surface area contributed by atoms with Gasteiger partial charge in [0, 0.05) is 5.33 Å². The Bertz CT molecular complexity index is 269. The highest BCUT2D eigenvalue weighted by Gasteiger charge is 1.90. The van der Waals surface area contributed by atoms with E-state index in [4.69, 9.17) is 4.74 Å². The molecule has 0 fully saturated rings. The van der Waals surface area contributed by atoms with Crippen molar-refractivity contribution in [3.63, 3.8) is 0 Å². The molecule has 1 heterocycles. The van der Waals surface area contributed by atoms with Crippen LogP contribution in [0.15, 0.2) is 24.4 Å². The highest BCUT2D eigenvalue weighted by molar-refractivity contribution is 9.09. The van der Waals surface area contributed by atoms with Crippen molar-refractivity contribution in [2.24, 2.45) is 0 Å². The van der Waals surface area contributed by atoms with Gasteiger partial charge in [0.25, 0.3) is 0 Å². The van der Waals surface area contributed by atoms with Crippen molar-refractivity contribution < 1.29 is 4.74 Å². The first-order valence-corrected chi connectivity index (χ1v) is 5.21. The minimum absolute atomic E-state index is 0.789. The molecule has 0 amide bonds. The standard InChI is InChI=1S/C10H12BrNO/c1-13-10-6-5-9(12-8-10)4-2-3-7-11/h2,4-6,8H,3,7H2,1H3. The van der Waals surface area contributed by atoms with E-state index in [0.717, 1.165) is 23.2 Å². The van der Waals surface area contributed by atoms with Gasteiger partial charge in [-0.25, -0.2) is 0 Å². The van der Waals surface area contributed by atoms with Crippen LogP contribution in [0.1, 0.15) is 12.1 Å². The van der Waals surface area contributed by atoms with Crippen LogP contribution >= 0.6 is 15.9 Å². The molecule has 0 aromatic carbocycles. The maximum atomic E-state index is 5.00. The van der Waals surface area contributed by atoms with Crippen molar-refractivity contribution >= 4 is 22.0 Å². The summed E-state index contributed by atoms with van der Waals surface area (Å²) in [5.74, 6) is 0.789. The van der Waals surface area contributed by atoms with Crippen LogP contribution in [0.25, 0.3) is 6.08 Å². The third-order valence-corrected chi connectivity index (χ3v) is 2.02. The number of nitrogens with zero attached hydrogens (tertiary/aromatic N) is 1. The lowest BCUT2D eigenvalue weighted by Crippen LogP contribution is -1.85. The number of ether oxygens (including phenoxy) is 1. The highest BCUT2D eigenvalue weighted by Crippen LogP contribution is 2.09. The van der Waals surface area contributed by atoms with Gasteiger partial charge >= 0.3 is 0 Å². The van der Waals surface area contributed by atoms with E-state index >= 15 is 0 Å². The number of allylic oxidation sites excluding steroid dienone is 1. The number of hydrogen-bond acceptors (Lipinski definition) is 2. The van der Waals surface area contributed by atoms with Gasteiger partial charge in [0.05, 0.1) is 19.0 Å². The summed E-state index contributed by atoms with van der Waals surface area (Å²) in [5, 5.41) is 0.986. The number of rotatable bonds is 4. The summed E-state index contributed by atoms with van der Waals surface area (Å²) in [7, 11) is 1.64. The van der Waals surface area contributed by atoms with Gasteiger partial charge < -0.3 is 4.74 Å². The van der Waals surface area contributed by atoms with Gasteiger partial charge in [0.15, 0.2) is 0 Å². The fraction of sp³-hybridized carbons (Fsp3) is 0.300. The summed E-state index contributed by atoms with van der Waals surface area (Å²) >= 11 is 3.35. The molecule has 0 N–H and O–H groups in total. The molecule has 13 heavy (non-hydrogen) atoms. The molecular weight excluding hydrogens is 230 g/mol. The summed E-state index contributed by atoms with van der Waals surface area (Å²) in [6, 6.07) is 3.84. The van der Waals surface area contributed by atoms with Crippen LogP contribution in [0.4, 0.5) is 0 Å². The number of hydrogen-bond donors (Lipinski definition) is 0. The third kappa shape index (κ3) is 3.59. The van der Waals surface area contributed by atoms with Crippen LogP contribution in [-0.4, -0.2) is 17.4 Å². The number of alkyl halides is 1. The molecule has 0 spiro atoms. The molecule has 0 saturated heterocycles. The van der Waals surface area contributed by atoms with E-state index in [1.807, 2.05) is 18.2 Å². The fourth-order valence-corrected chi connectivity index (χ4v) is 1.14. The van der Waals surface area contributed by atoms with E-state index in [1.54, 1.807) is 13.3 Å². The number of pyridine rings is 1. The second-order valence-corrected chi connectivity index (χ2v) is 3.30. The number of halogens is 1. The second kappa shape index (κ2) is 5.75. The molecule has 0 bridgehead atoms. The first-order valence-electron chi connectivity index (χ1n) is 4.09. The van der Waals surface area contributed by atoms with Gasteiger partial charge in [-0.15, -0.1) is 0 Å². The van der Waals surface area contributed by atoms with Gasteiger partial charge in [-0.3, -0.25) is 4.98 Å². The Kier molecular flexibility index (Phi) is 4.54. The summed E-state index contributed by atoms with van der Waals surface area (Å²) in [6.45, 7) is 0. The highest BCUT2D eigenvalue weighted by atomic mass is 79.9. The van der Waals surface area contributed by atoms with Crippen LogP contribution in [0.2, 0.25) is 0 Å². The minimum atomic E-state index is 0.789. The molecule has 0 saturated carbocycles. The Hall–Kier alpha value is -0.830. The van der Waals surface area contributed by atoms with Crippen LogP contribution < -0.4 is 4.74 Å². The van der Waals surface area contributed by atoms with Crippen molar-refractivity contribution in [3.8, 4) is 5.75 Å². The molecule has 3 heteroatoms. The molecule has 0 unspecified atom stereocenters. The zero-order valence-electron chi connectivity index (χ0n) is 7.53. The van der Waals surface area contributed by atoms with Crippen LogP contribution in [0.3, 0.4) is 0 Å². The maximum Gasteiger partial charge on any atom is 0.137 e. The van der Waals surface area contributed by atoms with E-state index < -0.39 is 0 Å². The molecule has 2 nitrogen and oxygen atoms in total. The van der Waals surface area contributed by atoms with E-state index in [-0.39, 0.29) is 0 Å². The average molecular weight is 242 g/mol. The Morgan fingerprint density at radius 1 is 1.54 bits per heavy atom. The van der Waals surface area contributed by atoms with Gasteiger partial charge in [0.2, 0.25) is 0 Å². The summed E-state index contributed by atoms with van der Waals surface area (Å²) < 4.78 is 5.00. The van der Waals surface area contributed by atoms with Gasteiger partial charge in [0.1, 0.15) is 5.75 Å². The summed E-state index contributed by atoms with van der Waals surface area (Å²) in [5.41, 5.74) is 0.960. The quantitative estimate of drug-likeness (QED) is 0.757. The zero-order valence-corrected chi connectivity index (χ0v) is 9.12. The lowest BCUT2D eigenvalue weighted by Gasteiger charge is -1.97. The molecule has 1 aromatic rings. The van der Waals surface area contributed by atoms with Crippen molar-refractivity contribution in [1.29, 1.82) is 0 Å². The lowest BCUT2D eigenvalue weighted by atomic mass is 10.3. The monoisotopic (exact) mass is 241 g/mol. The van der Waals surface area contributed by atoms with E-state index in [1.165, 1.54) is 0 Å². The van der Waals surface area contributed by atoms with Crippen molar-refractivity contribution in [1.82, 2.24) is 4.98 Å². The fourth-order valence-electron chi connectivity index (χ4n) is 0.878. The molecule has 1 rings (SSSR count). The smallest absolute Gasteiger partial charge is 0.137 e. The van der Waals surface area contributed by atoms with E-state index in [0.29, 0.717) is 0 Å². The third-order valence-electron chi connectivity index (χ3n) is 1.56. The van der Waals surface area contributed by atoms with Crippen LogP contribution in [0, 0.1) is 0 Å². The minimum Gasteiger partial charge on any atom is -0.495 e. The second-order valence-electron chi connectivity index (χ2n) is 2.50. The number of methoxy groups -OCH3 is 1.